The van der Waals surface area contributed by atoms with Gasteiger partial charge in [0.05, 0.1) is 5.75 Å². The van der Waals surface area contributed by atoms with E-state index in [2.05, 4.69) is 48.2 Å². The van der Waals surface area contributed by atoms with Gasteiger partial charge in [0.25, 0.3) is 0 Å². The maximum absolute atomic E-state index is 4.42. The van der Waals surface area contributed by atoms with Crippen molar-refractivity contribution in [1.82, 2.24) is 15.3 Å². The fourth-order valence-corrected chi connectivity index (χ4v) is 2.37. The van der Waals surface area contributed by atoms with Crippen molar-refractivity contribution in [3.05, 3.63) is 54.1 Å². The number of nitrogens with zero attached hydrogens (tertiary/aromatic N) is 2. The molecular weight excluding hydrogens is 266 g/mol. The number of hydrogen-bond acceptors (Lipinski definition) is 4. The molecule has 0 saturated heterocycles. The highest BCUT2D eigenvalue weighted by Crippen LogP contribution is 2.20. The van der Waals surface area contributed by atoms with Crippen LogP contribution in [0.2, 0.25) is 0 Å². The third kappa shape index (κ3) is 5.31. The van der Waals surface area contributed by atoms with Gasteiger partial charge in [0, 0.05) is 34.9 Å². The molecule has 0 radical (unpaired) electrons. The zero-order valence-electron chi connectivity index (χ0n) is 12.3. The van der Waals surface area contributed by atoms with Crippen molar-refractivity contribution >= 4 is 11.8 Å². The molecule has 0 aliphatic carbocycles. The van der Waals surface area contributed by atoms with Gasteiger partial charge in [0.15, 0.2) is 0 Å². The van der Waals surface area contributed by atoms with Crippen LogP contribution in [0.1, 0.15) is 32.2 Å². The predicted octanol–water partition coefficient (Wildman–Crippen LogP) is 3.66. The van der Waals surface area contributed by atoms with Crippen LogP contribution in [0.3, 0.4) is 0 Å². The maximum atomic E-state index is 4.42. The van der Waals surface area contributed by atoms with E-state index in [1.165, 1.54) is 4.90 Å². The Morgan fingerprint density at radius 2 is 1.70 bits per heavy atom. The molecule has 2 rings (SSSR count). The van der Waals surface area contributed by atoms with Crippen LogP contribution in [-0.4, -0.2) is 15.5 Å². The molecule has 1 aromatic heterocycles. The van der Waals surface area contributed by atoms with E-state index in [9.17, 15) is 0 Å². The Balaban J connectivity index is 1.85. The molecule has 20 heavy (non-hydrogen) atoms. The number of benzene rings is 1. The number of thioether (sulfide) groups is 1. The van der Waals surface area contributed by atoms with Crippen molar-refractivity contribution in [1.29, 1.82) is 0 Å². The van der Waals surface area contributed by atoms with E-state index in [1.54, 1.807) is 11.8 Å². The Bertz CT molecular complexity index is 518. The highest BCUT2D eigenvalue weighted by molar-refractivity contribution is 7.98. The number of nitrogens with one attached hydrogen (secondary N) is 1. The summed E-state index contributed by atoms with van der Waals surface area (Å²) in [6, 6.07) is 10.3. The minimum absolute atomic E-state index is 0.113. The summed E-state index contributed by atoms with van der Waals surface area (Å²) in [6.07, 6.45) is 3.82. The van der Waals surface area contributed by atoms with Crippen molar-refractivity contribution < 1.29 is 0 Å². The monoisotopic (exact) mass is 287 g/mol. The molecular formula is C16H21N3S. The van der Waals surface area contributed by atoms with E-state index >= 15 is 0 Å². The molecule has 1 aromatic carbocycles. The third-order valence-corrected chi connectivity index (χ3v) is 3.70. The van der Waals surface area contributed by atoms with Crippen molar-refractivity contribution in [2.45, 2.75) is 43.5 Å². The highest BCUT2D eigenvalue weighted by Gasteiger charge is 2.08. The molecule has 0 fully saturated rings. The topological polar surface area (TPSA) is 37.8 Å². The second-order valence-corrected chi connectivity index (χ2v) is 6.76. The molecule has 0 amide bonds. The zero-order chi connectivity index (χ0) is 14.4. The largest absolute Gasteiger partial charge is 0.308 e. The smallest absolute Gasteiger partial charge is 0.138 e. The summed E-state index contributed by atoms with van der Waals surface area (Å²) in [6.45, 7) is 7.26. The number of rotatable bonds is 5. The van der Waals surface area contributed by atoms with Crippen molar-refractivity contribution in [3.63, 3.8) is 0 Å². The van der Waals surface area contributed by atoms with Gasteiger partial charge in [-0.05, 0) is 32.9 Å². The van der Waals surface area contributed by atoms with E-state index in [-0.39, 0.29) is 5.54 Å². The summed E-state index contributed by atoms with van der Waals surface area (Å²) in [5.41, 5.74) is 1.23. The van der Waals surface area contributed by atoms with E-state index in [1.807, 2.05) is 30.6 Å². The zero-order valence-corrected chi connectivity index (χ0v) is 13.1. The molecule has 106 valence electrons. The predicted molar refractivity (Wildman–Crippen MR) is 84.6 cm³/mol. The lowest BCUT2D eigenvalue weighted by molar-refractivity contribution is 0.423. The molecule has 0 aliphatic heterocycles. The van der Waals surface area contributed by atoms with Crippen LogP contribution in [0.15, 0.2) is 47.6 Å². The maximum Gasteiger partial charge on any atom is 0.138 e. The lowest BCUT2D eigenvalue weighted by Gasteiger charge is -2.20. The quantitative estimate of drug-likeness (QED) is 0.852. The van der Waals surface area contributed by atoms with Crippen LogP contribution in [0.4, 0.5) is 0 Å². The second kappa shape index (κ2) is 6.86. The first kappa shape index (κ1) is 15.0. The molecule has 0 spiro atoms. The fraction of sp³-hybridized carbons (Fsp3) is 0.375. The van der Waals surface area contributed by atoms with Gasteiger partial charge in [-0.2, -0.15) is 0 Å². The molecule has 2 aromatic rings. The lowest BCUT2D eigenvalue weighted by atomic mass is 10.1. The van der Waals surface area contributed by atoms with Crippen molar-refractivity contribution in [2.75, 3.05) is 0 Å². The summed E-state index contributed by atoms with van der Waals surface area (Å²) in [5.74, 6) is 1.68. The summed E-state index contributed by atoms with van der Waals surface area (Å²) in [7, 11) is 0. The van der Waals surface area contributed by atoms with Gasteiger partial charge in [-0.15, -0.1) is 11.8 Å². The molecule has 0 saturated carbocycles. The minimum Gasteiger partial charge on any atom is -0.308 e. The molecule has 0 atom stereocenters. The average Bonchev–Trinajstić information content (AvgIpc) is 2.44. The van der Waals surface area contributed by atoms with Crippen LogP contribution in [-0.2, 0) is 12.3 Å². The molecule has 1 N–H and O–H groups in total. The van der Waals surface area contributed by atoms with E-state index in [0.717, 1.165) is 23.7 Å². The third-order valence-electron chi connectivity index (χ3n) is 2.69. The SMILES string of the molecule is CC(C)(C)NCc1cnc(CSc2ccccc2)nc1. The Labute approximate surface area is 125 Å². The summed E-state index contributed by atoms with van der Waals surface area (Å²) >= 11 is 1.76. The molecule has 0 bridgehead atoms. The summed E-state index contributed by atoms with van der Waals surface area (Å²) in [5, 5.41) is 3.43. The summed E-state index contributed by atoms with van der Waals surface area (Å²) < 4.78 is 0. The van der Waals surface area contributed by atoms with Crippen LogP contribution < -0.4 is 5.32 Å². The summed E-state index contributed by atoms with van der Waals surface area (Å²) in [4.78, 5) is 10.1. The van der Waals surface area contributed by atoms with E-state index in [0.29, 0.717) is 0 Å². The van der Waals surface area contributed by atoms with Gasteiger partial charge in [-0.25, -0.2) is 9.97 Å². The minimum atomic E-state index is 0.113. The Morgan fingerprint density at radius 3 is 2.30 bits per heavy atom. The van der Waals surface area contributed by atoms with Crippen LogP contribution in [0, 0.1) is 0 Å². The normalized spacial score (nSPS) is 11.6. The van der Waals surface area contributed by atoms with Gasteiger partial charge < -0.3 is 5.32 Å². The first-order valence-electron chi connectivity index (χ1n) is 6.76. The van der Waals surface area contributed by atoms with Crippen molar-refractivity contribution in [3.8, 4) is 0 Å². The first-order valence-corrected chi connectivity index (χ1v) is 7.74. The molecule has 3 nitrogen and oxygen atoms in total. The fourth-order valence-electron chi connectivity index (χ4n) is 1.58. The highest BCUT2D eigenvalue weighted by atomic mass is 32.2. The second-order valence-electron chi connectivity index (χ2n) is 5.71. The lowest BCUT2D eigenvalue weighted by Crippen LogP contribution is -2.35. The Hall–Kier alpha value is -1.39. The van der Waals surface area contributed by atoms with Gasteiger partial charge in [0.1, 0.15) is 5.82 Å². The molecule has 1 heterocycles. The molecule has 4 heteroatoms. The van der Waals surface area contributed by atoms with Gasteiger partial charge in [-0.1, -0.05) is 18.2 Å². The first-order chi connectivity index (χ1) is 9.53. The number of hydrogen-bond donors (Lipinski definition) is 1. The van der Waals surface area contributed by atoms with E-state index in [4.69, 9.17) is 0 Å². The Morgan fingerprint density at radius 1 is 1.05 bits per heavy atom. The van der Waals surface area contributed by atoms with Gasteiger partial charge in [0.2, 0.25) is 0 Å². The Kier molecular flexibility index (Phi) is 5.15. The van der Waals surface area contributed by atoms with E-state index < -0.39 is 0 Å². The molecule has 0 aliphatic rings. The van der Waals surface area contributed by atoms with Crippen LogP contribution in [0.25, 0.3) is 0 Å². The van der Waals surface area contributed by atoms with Crippen LogP contribution >= 0.6 is 11.8 Å². The van der Waals surface area contributed by atoms with Gasteiger partial charge >= 0.3 is 0 Å². The standard InChI is InChI=1S/C16H21N3S/c1-16(2,3)19-11-13-9-17-15(18-10-13)12-20-14-7-5-4-6-8-14/h4-10,19H,11-12H2,1-3H3. The van der Waals surface area contributed by atoms with Crippen LogP contribution in [0.5, 0.6) is 0 Å². The van der Waals surface area contributed by atoms with Gasteiger partial charge in [-0.3, -0.25) is 0 Å². The average molecular weight is 287 g/mol. The van der Waals surface area contributed by atoms with Crippen molar-refractivity contribution in [2.24, 2.45) is 0 Å². The number of aromatic nitrogens is 2. The molecule has 0 unspecified atom stereocenters.